The maximum Gasteiger partial charge on any atom is 0.251 e. The zero-order chi connectivity index (χ0) is 17.7. The van der Waals surface area contributed by atoms with E-state index in [0.717, 1.165) is 42.3 Å². The lowest BCUT2D eigenvalue weighted by atomic mass is 9.79. The van der Waals surface area contributed by atoms with E-state index in [2.05, 4.69) is 16.0 Å². The minimum Gasteiger partial charge on any atom is -0.384 e. The predicted octanol–water partition coefficient (Wildman–Crippen LogP) is 2.29. The molecule has 0 aromatic heterocycles. The number of nitrogens with one attached hydrogen (secondary N) is 3. The maximum atomic E-state index is 12.6. The Balaban J connectivity index is 0.00000243. The molecule has 0 radical (unpaired) electrons. The van der Waals surface area contributed by atoms with E-state index in [4.69, 9.17) is 4.74 Å². The fourth-order valence-corrected chi connectivity index (χ4v) is 4.30. The first kappa shape index (κ1) is 21.0. The van der Waals surface area contributed by atoms with Crippen molar-refractivity contribution in [3.63, 3.8) is 0 Å². The van der Waals surface area contributed by atoms with Gasteiger partial charge in [-0.25, -0.2) is 0 Å². The summed E-state index contributed by atoms with van der Waals surface area (Å²) in [5.74, 6) is 0.649. The van der Waals surface area contributed by atoms with E-state index in [9.17, 15) is 9.59 Å². The molecule has 0 aliphatic carbocycles. The first-order chi connectivity index (χ1) is 12.1. The lowest BCUT2D eigenvalue weighted by Gasteiger charge is -2.37. The molecule has 8 heteroatoms. The molecule has 6 nitrogen and oxygen atoms in total. The van der Waals surface area contributed by atoms with Crippen LogP contribution in [-0.4, -0.2) is 50.9 Å². The standard InChI is InChI=1S/C18H25N3O3S.ClH/c1-24-12-18(5-7-19-8-6-18)11-20-17(23)13-2-3-15-14(10-13)21-16(22)4-9-25-15;/h2-3,10,19H,4-9,11-12H2,1H3,(H,20,23)(H,21,22);1H. The summed E-state index contributed by atoms with van der Waals surface area (Å²) in [6.45, 7) is 3.13. The van der Waals surface area contributed by atoms with Gasteiger partial charge in [-0.1, -0.05) is 0 Å². The summed E-state index contributed by atoms with van der Waals surface area (Å²) in [5.41, 5.74) is 1.29. The second kappa shape index (κ2) is 9.60. The molecule has 0 bridgehead atoms. The molecule has 2 heterocycles. The van der Waals surface area contributed by atoms with Crippen LogP contribution >= 0.6 is 24.2 Å². The molecule has 2 aliphatic rings. The number of hydrogen-bond donors (Lipinski definition) is 3. The lowest BCUT2D eigenvalue weighted by Crippen LogP contribution is -2.47. The van der Waals surface area contributed by atoms with Crippen molar-refractivity contribution in [3.05, 3.63) is 23.8 Å². The molecular weight excluding hydrogens is 374 g/mol. The number of methoxy groups -OCH3 is 1. The van der Waals surface area contributed by atoms with E-state index >= 15 is 0 Å². The number of thioether (sulfide) groups is 1. The third-order valence-electron chi connectivity index (χ3n) is 4.84. The summed E-state index contributed by atoms with van der Waals surface area (Å²) < 4.78 is 5.39. The highest BCUT2D eigenvalue weighted by Gasteiger charge is 2.32. The summed E-state index contributed by atoms with van der Waals surface area (Å²) >= 11 is 1.64. The van der Waals surface area contributed by atoms with Gasteiger partial charge in [0.15, 0.2) is 0 Å². The van der Waals surface area contributed by atoms with Crippen LogP contribution in [0.25, 0.3) is 0 Å². The fourth-order valence-electron chi connectivity index (χ4n) is 3.37. The molecule has 144 valence electrons. The molecule has 26 heavy (non-hydrogen) atoms. The Morgan fingerprint density at radius 1 is 1.35 bits per heavy atom. The quantitative estimate of drug-likeness (QED) is 0.708. The second-order valence-corrected chi connectivity index (χ2v) is 7.86. The van der Waals surface area contributed by atoms with Gasteiger partial charge in [0.25, 0.3) is 5.91 Å². The Hall–Kier alpha value is -1.28. The molecule has 0 spiro atoms. The molecule has 0 atom stereocenters. The topological polar surface area (TPSA) is 79.5 Å². The molecule has 1 saturated heterocycles. The summed E-state index contributed by atoms with van der Waals surface area (Å²) in [6.07, 6.45) is 2.46. The van der Waals surface area contributed by atoms with Gasteiger partial charge in [-0.2, -0.15) is 0 Å². The van der Waals surface area contributed by atoms with Crippen LogP contribution in [-0.2, 0) is 9.53 Å². The zero-order valence-electron chi connectivity index (χ0n) is 14.9. The molecule has 1 aromatic rings. The SMILES string of the molecule is COCC1(CNC(=O)c2ccc3c(c2)NC(=O)CCS3)CCNCC1.Cl. The molecule has 0 saturated carbocycles. The molecule has 2 amide bonds. The van der Waals surface area contributed by atoms with E-state index in [1.165, 1.54) is 0 Å². The first-order valence-electron chi connectivity index (χ1n) is 8.66. The van der Waals surface area contributed by atoms with E-state index in [-0.39, 0.29) is 29.6 Å². The Labute approximate surface area is 164 Å². The second-order valence-electron chi connectivity index (χ2n) is 6.72. The third-order valence-corrected chi connectivity index (χ3v) is 5.92. The van der Waals surface area contributed by atoms with Crippen LogP contribution in [0.15, 0.2) is 23.1 Å². The number of anilines is 1. The van der Waals surface area contributed by atoms with Gasteiger partial charge in [0, 0.05) is 41.7 Å². The number of piperidine rings is 1. The van der Waals surface area contributed by atoms with Gasteiger partial charge < -0.3 is 20.7 Å². The number of amides is 2. The number of carbonyl (C=O) groups is 2. The van der Waals surface area contributed by atoms with Crippen molar-refractivity contribution in [2.24, 2.45) is 5.41 Å². The van der Waals surface area contributed by atoms with E-state index in [0.29, 0.717) is 25.1 Å². The van der Waals surface area contributed by atoms with Crippen molar-refractivity contribution in [2.45, 2.75) is 24.2 Å². The molecule has 3 N–H and O–H groups in total. The highest BCUT2D eigenvalue weighted by Crippen LogP contribution is 2.32. The molecular formula is C18H26ClN3O3S. The Morgan fingerprint density at radius 2 is 2.12 bits per heavy atom. The molecule has 2 aliphatic heterocycles. The zero-order valence-corrected chi connectivity index (χ0v) is 16.6. The minimum atomic E-state index is -0.111. The number of fused-ring (bicyclic) bond motifs is 1. The Bertz CT molecular complexity index is 645. The van der Waals surface area contributed by atoms with Gasteiger partial charge in [0.1, 0.15) is 0 Å². The normalized spacial score (nSPS) is 18.7. The smallest absolute Gasteiger partial charge is 0.251 e. The predicted molar refractivity (Wildman–Crippen MR) is 106 cm³/mol. The van der Waals surface area contributed by atoms with Crippen LogP contribution in [0, 0.1) is 5.41 Å². The van der Waals surface area contributed by atoms with E-state index in [1.807, 2.05) is 12.1 Å². The summed E-state index contributed by atoms with van der Waals surface area (Å²) in [6, 6.07) is 5.51. The summed E-state index contributed by atoms with van der Waals surface area (Å²) in [7, 11) is 1.71. The van der Waals surface area contributed by atoms with Gasteiger partial charge in [0.05, 0.1) is 12.3 Å². The minimum absolute atomic E-state index is 0. The van der Waals surface area contributed by atoms with E-state index < -0.39 is 0 Å². The van der Waals surface area contributed by atoms with Crippen LogP contribution in [0.4, 0.5) is 5.69 Å². The van der Waals surface area contributed by atoms with Gasteiger partial charge in [-0.15, -0.1) is 24.2 Å². The van der Waals surface area contributed by atoms with Crippen molar-refractivity contribution in [1.82, 2.24) is 10.6 Å². The molecule has 3 rings (SSSR count). The fraction of sp³-hybridized carbons (Fsp3) is 0.556. The Kier molecular flexibility index (Phi) is 7.76. The number of ether oxygens (including phenoxy) is 1. The number of rotatable bonds is 5. The van der Waals surface area contributed by atoms with Crippen LogP contribution < -0.4 is 16.0 Å². The summed E-state index contributed by atoms with van der Waals surface area (Å²) in [5, 5.41) is 9.30. The largest absolute Gasteiger partial charge is 0.384 e. The van der Waals surface area contributed by atoms with Gasteiger partial charge in [-0.05, 0) is 44.1 Å². The lowest BCUT2D eigenvalue weighted by molar-refractivity contribution is -0.115. The highest BCUT2D eigenvalue weighted by atomic mass is 35.5. The van der Waals surface area contributed by atoms with Gasteiger partial charge >= 0.3 is 0 Å². The van der Waals surface area contributed by atoms with E-state index in [1.54, 1.807) is 24.9 Å². The van der Waals surface area contributed by atoms with Crippen LogP contribution in [0.3, 0.4) is 0 Å². The number of carbonyl (C=O) groups excluding carboxylic acids is 2. The monoisotopic (exact) mass is 399 g/mol. The van der Waals surface area contributed by atoms with Crippen LogP contribution in [0.5, 0.6) is 0 Å². The van der Waals surface area contributed by atoms with Crippen molar-refractivity contribution in [1.29, 1.82) is 0 Å². The highest BCUT2D eigenvalue weighted by molar-refractivity contribution is 7.99. The average Bonchev–Trinajstić information content (AvgIpc) is 2.80. The average molecular weight is 400 g/mol. The molecule has 1 aromatic carbocycles. The van der Waals surface area contributed by atoms with Crippen molar-refractivity contribution < 1.29 is 14.3 Å². The van der Waals surface area contributed by atoms with Crippen molar-refractivity contribution >= 4 is 41.7 Å². The Morgan fingerprint density at radius 3 is 2.85 bits per heavy atom. The van der Waals surface area contributed by atoms with Gasteiger partial charge in [-0.3, -0.25) is 9.59 Å². The van der Waals surface area contributed by atoms with Crippen molar-refractivity contribution in [2.75, 3.05) is 44.4 Å². The molecule has 0 unspecified atom stereocenters. The van der Waals surface area contributed by atoms with Gasteiger partial charge in [0.2, 0.25) is 5.91 Å². The summed E-state index contributed by atoms with van der Waals surface area (Å²) in [4.78, 5) is 25.3. The molecule has 1 fully saturated rings. The third kappa shape index (κ3) is 5.13. The number of halogens is 1. The first-order valence-corrected chi connectivity index (χ1v) is 9.65. The van der Waals surface area contributed by atoms with Crippen LogP contribution in [0.2, 0.25) is 0 Å². The number of hydrogen-bond acceptors (Lipinski definition) is 5. The maximum absolute atomic E-state index is 12.6. The van der Waals surface area contributed by atoms with Crippen LogP contribution in [0.1, 0.15) is 29.6 Å². The van der Waals surface area contributed by atoms with Crippen molar-refractivity contribution in [3.8, 4) is 0 Å². The number of benzene rings is 1.